The maximum absolute atomic E-state index is 12.4. The van der Waals surface area contributed by atoms with Gasteiger partial charge in [-0.1, -0.05) is 0 Å². The molecular weight excluding hydrogens is 278 g/mol. The van der Waals surface area contributed by atoms with Gasteiger partial charge in [0.05, 0.1) is 10.9 Å². The molecule has 100 valence electrons. The lowest BCUT2D eigenvalue weighted by atomic mass is 10.2. The summed E-state index contributed by atoms with van der Waals surface area (Å²) in [4.78, 5) is 32.2. The third-order valence-electron chi connectivity index (χ3n) is 2.98. The normalized spacial score (nSPS) is 10.8. The van der Waals surface area contributed by atoms with Crippen LogP contribution < -0.4 is 5.56 Å². The standard InChI is InChI=1S/C13H9N3O3S/c1-16-10(7-2-4-14-5-3-7)15-11-9(12(16)17)8(6-20-11)13(18)19/h2-6H,1H3,(H,18,19). The molecule has 0 fully saturated rings. The highest BCUT2D eigenvalue weighted by Gasteiger charge is 2.18. The first-order valence-corrected chi connectivity index (χ1v) is 6.59. The monoisotopic (exact) mass is 287 g/mol. The molecule has 7 heteroatoms. The van der Waals surface area contributed by atoms with Crippen LogP contribution in [0.15, 0.2) is 34.7 Å². The average molecular weight is 287 g/mol. The van der Waals surface area contributed by atoms with Gasteiger partial charge in [-0.3, -0.25) is 14.3 Å². The molecule has 0 amide bonds. The highest BCUT2D eigenvalue weighted by molar-refractivity contribution is 7.17. The molecule has 1 N–H and O–H groups in total. The van der Waals surface area contributed by atoms with Crippen molar-refractivity contribution in [3.05, 3.63) is 45.8 Å². The lowest BCUT2D eigenvalue weighted by Gasteiger charge is -2.07. The van der Waals surface area contributed by atoms with Crippen LogP contribution in [0.1, 0.15) is 10.4 Å². The molecule has 3 rings (SSSR count). The molecule has 6 nitrogen and oxygen atoms in total. The Bertz CT molecular complexity index is 868. The van der Waals surface area contributed by atoms with Crippen molar-refractivity contribution >= 4 is 27.5 Å². The van der Waals surface area contributed by atoms with Gasteiger partial charge in [-0.2, -0.15) is 0 Å². The van der Waals surface area contributed by atoms with Crippen molar-refractivity contribution in [3.63, 3.8) is 0 Å². The molecule has 20 heavy (non-hydrogen) atoms. The summed E-state index contributed by atoms with van der Waals surface area (Å²) in [6.07, 6.45) is 3.23. The summed E-state index contributed by atoms with van der Waals surface area (Å²) in [5.41, 5.74) is 0.395. The SMILES string of the molecule is Cn1c(-c2ccncc2)nc2scc(C(=O)O)c2c1=O. The molecule has 0 aromatic carbocycles. The molecule has 3 aromatic heterocycles. The third kappa shape index (κ3) is 1.79. The maximum Gasteiger partial charge on any atom is 0.337 e. The Morgan fingerprint density at radius 2 is 2.05 bits per heavy atom. The van der Waals surface area contributed by atoms with Crippen LogP contribution in [0.5, 0.6) is 0 Å². The van der Waals surface area contributed by atoms with Crippen LogP contribution in [0, 0.1) is 0 Å². The Morgan fingerprint density at radius 1 is 1.35 bits per heavy atom. The molecule has 0 aliphatic heterocycles. The van der Waals surface area contributed by atoms with E-state index in [0.29, 0.717) is 10.7 Å². The number of carboxylic acid groups (broad SMARTS) is 1. The number of nitrogens with zero attached hydrogens (tertiary/aromatic N) is 3. The lowest BCUT2D eigenvalue weighted by molar-refractivity contribution is 0.0699. The van der Waals surface area contributed by atoms with Crippen LogP contribution in [0.2, 0.25) is 0 Å². The van der Waals surface area contributed by atoms with Crippen LogP contribution in [0.3, 0.4) is 0 Å². The summed E-state index contributed by atoms with van der Waals surface area (Å²) in [5, 5.41) is 10.7. The van der Waals surface area contributed by atoms with E-state index in [0.717, 1.165) is 16.9 Å². The molecule has 0 unspecified atom stereocenters. The predicted octanol–water partition coefficient (Wildman–Crippen LogP) is 1.76. The molecule has 0 saturated carbocycles. The van der Waals surface area contributed by atoms with Crippen LogP contribution in [0.4, 0.5) is 0 Å². The Kier molecular flexibility index (Phi) is 2.83. The van der Waals surface area contributed by atoms with Gasteiger partial charge in [0.15, 0.2) is 0 Å². The quantitative estimate of drug-likeness (QED) is 0.776. The summed E-state index contributed by atoms with van der Waals surface area (Å²) in [5.74, 6) is -0.629. The summed E-state index contributed by atoms with van der Waals surface area (Å²) < 4.78 is 1.36. The molecular formula is C13H9N3O3S. The maximum atomic E-state index is 12.4. The van der Waals surface area contributed by atoms with Crippen LogP contribution in [-0.4, -0.2) is 25.6 Å². The fourth-order valence-corrected chi connectivity index (χ4v) is 2.89. The minimum Gasteiger partial charge on any atom is -0.478 e. The highest BCUT2D eigenvalue weighted by Crippen LogP contribution is 2.24. The van der Waals surface area contributed by atoms with E-state index in [1.165, 1.54) is 9.95 Å². The van der Waals surface area contributed by atoms with E-state index in [-0.39, 0.29) is 16.5 Å². The molecule has 0 atom stereocenters. The first kappa shape index (κ1) is 12.5. The number of rotatable bonds is 2. The van der Waals surface area contributed by atoms with Gasteiger partial charge < -0.3 is 5.11 Å². The second kappa shape index (κ2) is 4.53. The van der Waals surface area contributed by atoms with Gasteiger partial charge >= 0.3 is 5.97 Å². The van der Waals surface area contributed by atoms with Gasteiger partial charge in [0, 0.05) is 30.4 Å². The smallest absolute Gasteiger partial charge is 0.337 e. The van der Waals surface area contributed by atoms with Gasteiger partial charge in [0.25, 0.3) is 5.56 Å². The first-order valence-electron chi connectivity index (χ1n) is 5.71. The summed E-state index contributed by atoms with van der Waals surface area (Å²) in [6, 6.07) is 3.50. The van der Waals surface area contributed by atoms with E-state index < -0.39 is 5.97 Å². The van der Waals surface area contributed by atoms with Crippen molar-refractivity contribution in [2.24, 2.45) is 7.05 Å². The minimum absolute atomic E-state index is 0.000576. The number of carboxylic acids is 1. The van der Waals surface area contributed by atoms with E-state index in [2.05, 4.69) is 9.97 Å². The molecule has 0 bridgehead atoms. The van der Waals surface area contributed by atoms with Crippen LogP contribution in [0.25, 0.3) is 21.6 Å². The summed E-state index contributed by atoms with van der Waals surface area (Å²) in [7, 11) is 1.58. The van der Waals surface area contributed by atoms with Crippen LogP contribution in [-0.2, 0) is 7.05 Å². The number of fused-ring (bicyclic) bond motifs is 1. The zero-order chi connectivity index (χ0) is 14.3. The topological polar surface area (TPSA) is 85.1 Å². The lowest BCUT2D eigenvalue weighted by Crippen LogP contribution is -2.21. The first-order chi connectivity index (χ1) is 9.59. The number of carbonyl (C=O) groups is 1. The fraction of sp³-hybridized carbons (Fsp3) is 0.0769. The predicted molar refractivity (Wildman–Crippen MR) is 75.1 cm³/mol. The molecule has 3 aromatic rings. The van der Waals surface area contributed by atoms with Gasteiger partial charge in [-0.05, 0) is 12.1 Å². The van der Waals surface area contributed by atoms with Gasteiger partial charge in [-0.15, -0.1) is 11.3 Å². The van der Waals surface area contributed by atoms with E-state index in [4.69, 9.17) is 5.11 Å². The summed E-state index contributed by atoms with van der Waals surface area (Å²) in [6.45, 7) is 0. The van der Waals surface area contributed by atoms with Crippen LogP contribution >= 0.6 is 11.3 Å². The molecule has 0 spiro atoms. The molecule has 0 saturated heterocycles. The van der Waals surface area contributed by atoms with E-state index in [1.807, 2.05) is 0 Å². The second-order valence-electron chi connectivity index (χ2n) is 4.17. The van der Waals surface area contributed by atoms with Gasteiger partial charge in [0.2, 0.25) is 0 Å². The zero-order valence-electron chi connectivity index (χ0n) is 10.4. The number of aromatic nitrogens is 3. The molecule has 0 aliphatic rings. The molecule has 0 aliphatic carbocycles. The minimum atomic E-state index is -1.12. The largest absolute Gasteiger partial charge is 0.478 e. The van der Waals surface area contributed by atoms with Crippen molar-refractivity contribution in [2.75, 3.05) is 0 Å². The number of pyridine rings is 1. The fourth-order valence-electron chi connectivity index (χ4n) is 1.99. The van der Waals surface area contributed by atoms with E-state index in [9.17, 15) is 9.59 Å². The number of thiophene rings is 1. The Morgan fingerprint density at radius 3 is 2.70 bits per heavy atom. The average Bonchev–Trinajstić information content (AvgIpc) is 2.88. The Labute approximate surface area is 117 Å². The van der Waals surface area contributed by atoms with Gasteiger partial charge in [0.1, 0.15) is 10.7 Å². The number of hydrogen-bond acceptors (Lipinski definition) is 5. The highest BCUT2D eigenvalue weighted by atomic mass is 32.1. The number of aromatic carboxylic acids is 1. The number of hydrogen-bond donors (Lipinski definition) is 1. The van der Waals surface area contributed by atoms with E-state index in [1.54, 1.807) is 31.6 Å². The van der Waals surface area contributed by atoms with Crippen molar-refractivity contribution in [1.82, 2.24) is 14.5 Å². The Balaban J connectivity index is 2.37. The van der Waals surface area contributed by atoms with Crippen molar-refractivity contribution in [3.8, 4) is 11.4 Å². The molecule has 3 heterocycles. The third-order valence-corrected chi connectivity index (χ3v) is 3.86. The summed E-state index contributed by atoms with van der Waals surface area (Å²) >= 11 is 1.15. The second-order valence-corrected chi connectivity index (χ2v) is 5.03. The Hall–Kier alpha value is -2.54. The zero-order valence-corrected chi connectivity index (χ0v) is 11.2. The van der Waals surface area contributed by atoms with Crippen molar-refractivity contribution in [2.45, 2.75) is 0 Å². The van der Waals surface area contributed by atoms with Crippen molar-refractivity contribution < 1.29 is 9.90 Å². The van der Waals surface area contributed by atoms with Gasteiger partial charge in [-0.25, -0.2) is 9.78 Å². The van der Waals surface area contributed by atoms with Crippen molar-refractivity contribution in [1.29, 1.82) is 0 Å². The van der Waals surface area contributed by atoms with E-state index >= 15 is 0 Å². The molecule has 0 radical (unpaired) electrons.